The number of rotatable bonds is 6. The Hall–Kier alpha value is 0.537. The Kier molecular flexibility index (Phi) is 6.40. The van der Waals surface area contributed by atoms with E-state index in [-0.39, 0.29) is 0 Å². The predicted octanol–water partition coefficient (Wildman–Crippen LogP) is 4.28. The van der Waals surface area contributed by atoms with Gasteiger partial charge in [-0.1, -0.05) is 25.8 Å². The molecule has 3 heteroatoms. The van der Waals surface area contributed by atoms with Crippen molar-refractivity contribution in [1.29, 1.82) is 0 Å². The summed E-state index contributed by atoms with van der Waals surface area (Å²) < 4.78 is 0. The van der Waals surface area contributed by atoms with Gasteiger partial charge in [0, 0.05) is 0 Å². The highest BCUT2D eigenvalue weighted by Crippen LogP contribution is 2.27. The van der Waals surface area contributed by atoms with Gasteiger partial charge in [-0.3, -0.25) is 0 Å². The van der Waals surface area contributed by atoms with E-state index < -0.39 is 6.69 Å². The molecule has 0 aliphatic carbocycles. The highest BCUT2D eigenvalue weighted by Gasteiger charge is 2.24. The normalized spacial score (nSPS) is 11.5. The molecule has 0 aromatic rings. The van der Waals surface area contributed by atoms with Gasteiger partial charge in [-0.05, 0) is 18.5 Å². The van der Waals surface area contributed by atoms with E-state index in [4.69, 9.17) is 22.2 Å². The lowest BCUT2D eigenvalue weighted by atomic mass is 10.2. The average molecular weight is 211 g/mol. The first-order valence-corrected chi connectivity index (χ1v) is 8.55. The van der Waals surface area contributed by atoms with E-state index in [0.29, 0.717) is 0 Å². The molecule has 0 rings (SSSR count). The van der Waals surface area contributed by atoms with Crippen molar-refractivity contribution in [3.8, 4) is 0 Å². The van der Waals surface area contributed by atoms with Crippen LogP contribution in [0.2, 0.25) is 12.1 Å². The van der Waals surface area contributed by atoms with Crippen molar-refractivity contribution in [3.63, 3.8) is 0 Å². The number of hydrogen-bond donors (Lipinski definition) is 0. The minimum Gasteiger partial charge on any atom is -0.146 e. The van der Waals surface area contributed by atoms with Gasteiger partial charge in [0.1, 0.15) is 0 Å². The zero-order chi connectivity index (χ0) is 8.74. The fraction of sp³-hybridized carbons (Fsp3) is 0.750. The Labute approximate surface area is 80.0 Å². The minimum absolute atomic E-state index is 0.963. The quantitative estimate of drug-likeness (QED) is 0.266. The first-order valence-electron chi connectivity index (χ1n) is 4.11. The second-order valence-corrected chi connectivity index (χ2v) is 10.6. The molecule has 0 N–H and O–H groups in total. The number of halogens is 2. The molecule has 0 nitrogen and oxygen atoms in total. The van der Waals surface area contributed by atoms with Gasteiger partial charge in [0.15, 0.2) is 0 Å². The van der Waals surface area contributed by atoms with Gasteiger partial charge in [-0.2, -0.15) is 0 Å². The summed E-state index contributed by atoms with van der Waals surface area (Å²) in [7, 11) is 0. The molecule has 0 saturated heterocycles. The second-order valence-electron chi connectivity index (χ2n) is 2.74. The molecule has 0 unspecified atom stereocenters. The molecule has 0 amide bonds. The van der Waals surface area contributed by atoms with Crippen molar-refractivity contribution in [2.45, 2.75) is 38.3 Å². The molecule has 0 aromatic carbocycles. The lowest BCUT2D eigenvalue weighted by Crippen LogP contribution is -2.16. The minimum atomic E-state index is -1.82. The average Bonchev–Trinajstić information content (AvgIpc) is 1.99. The third-order valence-corrected chi connectivity index (χ3v) is 6.58. The zero-order valence-corrected chi connectivity index (χ0v) is 9.59. The summed E-state index contributed by atoms with van der Waals surface area (Å²) in [6.45, 7) is 3.91. The fourth-order valence-electron chi connectivity index (χ4n) is 0.849. The zero-order valence-electron chi connectivity index (χ0n) is 7.08. The van der Waals surface area contributed by atoms with Gasteiger partial charge in [0.05, 0.1) is 0 Å². The van der Waals surface area contributed by atoms with E-state index in [1.165, 1.54) is 6.42 Å². The van der Waals surface area contributed by atoms with Gasteiger partial charge < -0.3 is 0 Å². The largest absolute Gasteiger partial charge is 0.251 e. The van der Waals surface area contributed by atoms with E-state index in [1.54, 1.807) is 0 Å². The number of unbranched alkanes of at least 4 members (excludes halogenated alkanes) is 2. The van der Waals surface area contributed by atoms with Crippen molar-refractivity contribution >= 4 is 28.9 Å². The standard InChI is InChI=1S/C8H16Cl2Si/c1-3-5-6-7-8-11(9,10)4-2/h3H,1,4-8H2,2H3. The van der Waals surface area contributed by atoms with Gasteiger partial charge in [0.2, 0.25) is 0 Å². The van der Waals surface area contributed by atoms with E-state index >= 15 is 0 Å². The van der Waals surface area contributed by atoms with Crippen molar-refractivity contribution in [2.75, 3.05) is 0 Å². The second kappa shape index (κ2) is 6.10. The van der Waals surface area contributed by atoms with Crippen LogP contribution >= 0.6 is 22.2 Å². The molecule has 0 aliphatic heterocycles. The molecule has 0 radical (unpaired) electrons. The SMILES string of the molecule is C=CCCCC[Si](Cl)(Cl)CC. The fourth-order valence-corrected chi connectivity index (χ4v) is 2.77. The summed E-state index contributed by atoms with van der Waals surface area (Å²) >= 11 is 12.2. The third-order valence-electron chi connectivity index (χ3n) is 1.72. The number of hydrogen-bond acceptors (Lipinski definition) is 0. The molecule has 0 aliphatic rings. The highest BCUT2D eigenvalue weighted by atomic mass is 35.7. The van der Waals surface area contributed by atoms with Crippen LogP contribution in [0.4, 0.5) is 0 Å². The molecular weight excluding hydrogens is 195 g/mol. The molecule has 0 heterocycles. The van der Waals surface area contributed by atoms with E-state index in [1.807, 2.05) is 6.08 Å². The van der Waals surface area contributed by atoms with Crippen molar-refractivity contribution in [2.24, 2.45) is 0 Å². The maximum Gasteiger partial charge on any atom is 0.251 e. The molecule has 0 spiro atoms. The van der Waals surface area contributed by atoms with Crippen LogP contribution in [-0.2, 0) is 0 Å². The van der Waals surface area contributed by atoms with Crippen LogP contribution in [0.1, 0.15) is 26.2 Å². The summed E-state index contributed by atoms with van der Waals surface area (Å²) in [4.78, 5) is 0. The molecule has 0 atom stereocenters. The van der Waals surface area contributed by atoms with Crippen LogP contribution in [0.5, 0.6) is 0 Å². The van der Waals surface area contributed by atoms with Crippen LogP contribution in [-0.4, -0.2) is 6.69 Å². The Bertz CT molecular complexity index is 113. The van der Waals surface area contributed by atoms with Gasteiger partial charge in [-0.25, -0.2) is 0 Å². The van der Waals surface area contributed by atoms with Gasteiger partial charge in [-0.15, -0.1) is 28.7 Å². The molecule has 0 aromatic heterocycles. The summed E-state index contributed by atoms with van der Waals surface area (Å²) in [5.74, 6) is 0. The molecule has 66 valence electrons. The van der Waals surface area contributed by atoms with Gasteiger partial charge >= 0.3 is 0 Å². The monoisotopic (exact) mass is 210 g/mol. The summed E-state index contributed by atoms with van der Waals surface area (Å²) in [5.41, 5.74) is 0. The van der Waals surface area contributed by atoms with Crippen molar-refractivity contribution < 1.29 is 0 Å². The van der Waals surface area contributed by atoms with Crippen molar-refractivity contribution in [3.05, 3.63) is 12.7 Å². The maximum atomic E-state index is 6.08. The predicted molar refractivity (Wildman–Crippen MR) is 56.8 cm³/mol. The molecular formula is C8H16Cl2Si. The topological polar surface area (TPSA) is 0 Å². The summed E-state index contributed by atoms with van der Waals surface area (Å²) in [6, 6.07) is 1.99. The van der Waals surface area contributed by atoms with Crippen LogP contribution in [0.15, 0.2) is 12.7 Å². The first-order chi connectivity index (χ1) is 5.12. The molecule has 0 bridgehead atoms. The Morgan fingerprint density at radius 2 is 2.00 bits per heavy atom. The summed E-state index contributed by atoms with van der Waals surface area (Å²) in [6.07, 6.45) is 5.36. The Morgan fingerprint density at radius 1 is 1.36 bits per heavy atom. The highest BCUT2D eigenvalue weighted by molar-refractivity contribution is 7.45. The van der Waals surface area contributed by atoms with Crippen molar-refractivity contribution in [1.82, 2.24) is 0 Å². The Balaban J connectivity index is 3.29. The number of allylic oxidation sites excluding steroid dienone is 1. The first kappa shape index (κ1) is 11.5. The van der Waals surface area contributed by atoms with E-state index in [2.05, 4.69) is 13.5 Å². The van der Waals surface area contributed by atoms with E-state index in [0.717, 1.165) is 24.9 Å². The van der Waals surface area contributed by atoms with Crippen LogP contribution in [0.3, 0.4) is 0 Å². The molecule has 11 heavy (non-hydrogen) atoms. The van der Waals surface area contributed by atoms with Crippen LogP contribution in [0.25, 0.3) is 0 Å². The summed E-state index contributed by atoms with van der Waals surface area (Å²) in [5, 5.41) is 0. The van der Waals surface area contributed by atoms with Gasteiger partial charge in [0.25, 0.3) is 6.69 Å². The third kappa shape index (κ3) is 6.92. The lowest BCUT2D eigenvalue weighted by Gasteiger charge is -2.12. The smallest absolute Gasteiger partial charge is 0.146 e. The molecule has 0 saturated carbocycles. The van der Waals surface area contributed by atoms with Crippen LogP contribution in [0, 0.1) is 0 Å². The molecule has 0 fully saturated rings. The van der Waals surface area contributed by atoms with E-state index in [9.17, 15) is 0 Å². The Morgan fingerprint density at radius 3 is 2.45 bits per heavy atom. The van der Waals surface area contributed by atoms with Crippen LogP contribution < -0.4 is 0 Å². The maximum absolute atomic E-state index is 6.08. The lowest BCUT2D eigenvalue weighted by molar-refractivity contribution is 0.808.